The summed E-state index contributed by atoms with van der Waals surface area (Å²) in [6.07, 6.45) is 3.53. The summed E-state index contributed by atoms with van der Waals surface area (Å²) >= 11 is 0. The summed E-state index contributed by atoms with van der Waals surface area (Å²) in [4.78, 5) is 2.18. The third kappa shape index (κ3) is 3.50. The summed E-state index contributed by atoms with van der Waals surface area (Å²) < 4.78 is 5.75. The SMILES string of the molecule is CCCOc1ccc2c(c1)CCN(c1nnc(CC)c(CC)c1C#N)C2. The molecule has 0 amide bonds. The van der Waals surface area contributed by atoms with Crippen molar-refractivity contribution in [3.05, 3.63) is 46.1 Å². The lowest BCUT2D eigenvalue weighted by molar-refractivity contribution is 0.317. The summed E-state index contributed by atoms with van der Waals surface area (Å²) in [6.45, 7) is 8.57. The maximum Gasteiger partial charge on any atom is 0.169 e. The van der Waals surface area contributed by atoms with Gasteiger partial charge in [-0.05, 0) is 54.5 Å². The molecule has 0 N–H and O–H groups in total. The highest BCUT2D eigenvalue weighted by Gasteiger charge is 2.23. The standard InChI is InChI=1S/C21H26N4O/c1-4-11-26-17-8-7-16-14-25(10-9-15(16)12-17)21-19(13-22)18(5-2)20(6-3)23-24-21/h7-8,12H,4-6,9-11,14H2,1-3H3. The fourth-order valence-electron chi connectivity index (χ4n) is 3.52. The number of hydrogen-bond donors (Lipinski definition) is 0. The average Bonchev–Trinajstić information content (AvgIpc) is 2.70. The maximum absolute atomic E-state index is 9.73. The van der Waals surface area contributed by atoms with E-state index < -0.39 is 0 Å². The van der Waals surface area contributed by atoms with Crippen LogP contribution in [0.15, 0.2) is 18.2 Å². The normalized spacial score (nSPS) is 13.2. The van der Waals surface area contributed by atoms with Crippen LogP contribution < -0.4 is 9.64 Å². The maximum atomic E-state index is 9.73. The van der Waals surface area contributed by atoms with E-state index in [1.54, 1.807) is 0 Å². The Balaban J connectivity index is 1.88. The molecule has 0 radical (unpaired) electrons. The molecular formula is C21H26N4O. The van der Waals surface area contributed by atoms with Gasteiger partial charge in [0, 0.05) is 13.1 Å². The van der Waals surface area contributed by atoms with Gasteiger partial charge in [0.2, 0.25) is 0 Å². The van der Waals surface area contributed by atoms with E-state index in [0.29, 0.717) is 5.56 Å². The first-order chi connectivity index (χ1) is 12.7. The summed E-state index contributed by atoms with van der Waals surface area (Å²) in [5.41, 5.74) is 5.24. The fourth-order valence-corrected chi connectivity index (χ4v) is 3.52. The van der Waals surface area contributed by atoms with Crippen LogP contribution in [-0.4, -0.2) is 23.3 Å². The number of nitrogens with zero attached hydrogens (tertiary/aromatic N) is 4. The van der Waals surface area contributed by atoms with Crippen LogP contribution in [0.4, 0.5) is 5.82 Å². The molecule has 1 aliphatic rings. The summed E-state index contributed by atoms with van der Waals surface area (Å²) in [5.74, 6) is 1.66. The molecule has 2 heterocycles. The second-order valence-corrected chi connectivity index (χ2v) is 6.59. The van der Waals surface area contributed by atoms with Gasteiger partial charge in [0.05, 0.1) is 12.3 Å². The molecule has 0 aliphatic carbocycles. The van der Waals surface area contributed by atoms with Crippen molar-refractivity contribution < 1.29 is 4.74 Å². The molecule has 5 nitrogen and oxygen atoms in total. The van der Waals surface area contributed by atoms with Crippen molar-refractivity contribution in [1.29, 1.82) is 5.26 Å². The number of hydrogen-bond acceptors (Lipinski definition) is 5. The number of aryl methyl sites for hydroxylation is 1. The molecule has 0 saturated heterocycles. The number of ether oxygens (including phenoxy) is 1. The van der Waals surface area contributed by atoms with Gasteiger partial charge >= 0.3 is 0 Å². The van der Waals surface area contributed by atoms with Crippen molar-refractivity contribution in [3.63, 3.8) is 0 Å². The van der Waals surface area contributed by atoms with Crippen LogP contribution in [0.25, 0.3) is 0 Å². The Bertz CT molecular complexity index is 825. The van der Waals surface area contributed by atoms with Crippen molar-refractivity contribution in [2.24, 2.45) is 0 Å². The third-order valence-corrected chi connectivity index (χ3v) is 4.90. The molecule has 136 valence electrons. The van der Waals surface area contributed by atoms with Crippen LogP contribution in [-0.2, 0) is 25.8 Å². The molecule has 0 bridgehead atoms. The van der Waals surface area contributed by atoms with Crippen LogP contribution >= 0.6 is 0 Å². The smallest absolute Gasteiger partial charge is 0.169 e. The number of rotatable bonds is 6. The number of anilines is 1. The average molecular weight is 350 g/mol. The Kier molecular flexibility index (Phi) is 5.72. The van der Waals surface area contributed by atoms with E-state index in [-0.39, 0.29) is 0 Å². The zero-order valence-electron chi connectivity index (χ0n) is 15.9. The first kappa shape index (κ1) is 18.2. The van der Waals surface area contributed by atoms with Gasteiger partial charge < -0.3 is 9.64 Å². The highest BCUT2D eigenvalue weighted by molar-refractivity contribution is 5.59. The van der Waals surface area contributed by atoms with E-state index in [1.165, 1.54) is 11.1 Å². The third-order valence-electron chi connectivity index (χ3n) is 4.90. The van der Waals surface area contributed by atoms with Gasteiger partial charge in [-0.1, -0.05) is 26.8 Å². The lowest BCUT2D eigenvalue weighted by atomic mass is 9.98. The zero-order valence-corrected chi connectivity index (χ0v) is 15.9. The van der Waals surface area contributed by atoms with Gasteiger partial charge in [-0.15, -0.1) is 5.10 Å². The molecule has 0 fully saturated rings. The second kappa shape index (κ2) is 8.18. The van der Waals surface area contributed by atoms with E-state index >= 15 is 0 Å². The Morgan fingerprint density at radius 1 is 1.15 bits per heavy atom. The molecule has 0 atom stereocenters. The van der Waals surface area contributed by atoms with Gasteiger partial charge in [0.15, 0.2) is 5.82 Å². The summed E-state index contributed by atoms with van der Waals surface area (Å²) in [7, 11) is 0. The van der Waals surface area contributed by atoms with Gasteiger partial charge in [-0.25, -0.2) is 0 Å². The zero-order chi connectivity index (χ0) is 18.5. The number of nitriles is 1. The van der Waals surface area contributed by atoms with Crippen LogP contribution in [0.3, 0.4) is 0 Å². The molecule has 2 aromatic rings. The first-order valence-corrected chi connectivity index (χ1v) is 9.49. The molecule has 1 aliphatic heterocycles. The number of fused-ring (bicyclic) bond motifs is 1. The molecule has 1 aromatic heterocycles. The molecule has 0 unspecified atom stereocenters. The van der Waals surface area contributed by atoms with Gasteiger partial charge in [-0.2, -0.15) is 10.4 Å². The summed E-state index contributed by atoms with van der Waals surface area (Å²) in [6, 6.07) is 8.70. The first-order valence-electron chi connectivity index (χ1n) is 9.49. The minimum absolute atomic E-state index is 0.686. The van der Waals surface area contributed by atoms with Gasteiger partial charge in [0.1, 0.15) is 17.4 Å². The molecule has 26 heavy (non-hydrogen) atoms. The van der Waals surface area contributed by atoms with Crippen LogP contribution in [0.5, 0.6) is 5.75 Å². The highest BCUT2D eigenvalue weighted by atomic mass is 16.5. The van der Waals surface area contributed by atoms with Gasteiger partial charge in [0.25, 0.3) is 0 Å². The monoisotopic (exact) mass is 350 g/mol. The molecule has 3 rings (SSSR count). The predicted octanol–water partition coefficient (Wildman–Crippen LogP) is 3.82. The van der Waals surface area contributed by atoms with E-state index in [4.69, 9.17) is 4.74 Å². The van der Waals surface area contributed by atoms with Crippen molar-refractivity contribution in [2.75, 3.05) is 18.1 Å². The Labute approximate surface area is 155 Å². The van der Waals surface area contributed by atoms with Crippen LogP contribution in [0, 0.1) is 11.3 Å². The predicted molar refractivity (Wildman–Crippen MR) is 102 cm³/mol. The largest absolute Gasteiger partial charge is 0.494 e. The van der Waals surface area contributed by atoms with Crippen molar-refractivity contribution in [1.82, 2.24) is 10.2 Å². The van der Waals surface area contributed by atoms with Crippen LogP contribution in [0.1, 0.15) is 55.1 Å². The Morgan fingerprint density at radius 3 is 2.69 bits per heavy atom. The minimum atomic E-state index is 0.686. The molecular weight excluding hydrogens is 324 g/mol. The lowest BCUT2D eigenvalue weighted by Gasteiger charge is -2.30. The van der Waals surface area contributed by atoms with E-state index in [0.717, 1.165) is 68.2 Å². The summed E-state index contributed by atoms with van der Waals surface area (Å²) in [5, 5.41) is 18.5. The Morgan fingerprint density at radius 2 is 2.00 bits per heavy atom. The van der Waals surface area contributed by atoms with Crippen molar-refractivity contribution >= 4 is 5.82 Å². The second-order valence-electron chi connectivity index (χ2n) is 6.59. The van der Waals surface area contributed by atoms with E-state index in [9.17, 15) is 5.26 Å². The van der Waals surface area contributed by atoms with E-state index in [2.05, 4.69) is 54.1 Å². The van der Waals surface area contributed by atoms with Gasteiger partial charge in [-0.3, -0.25) is 0 Å². The molecule has 0 spiro atoms. The van der Waals surface area contributed by atoms with Crippen molar-refractivity contribution in [2.45, 2.75) is 53.0 Å². The molecule has 0 saturated carbocycles. The molecule has 1 aromatic carbocycles. The minimum Gasteiger partial charge on any atom is -0.494 e. The van der Waals surface area contributed by atoms with Crippen LogP contribution in [0.2, 0.25) is 0 Å². The lowest BCUT2D eigenvalue weighted by Crippen LogP contribution is -2.32. The quantitative estimate of drug-likeness (QED) is 0.792. The molecule has 5 heteroatoms. The number of aromatic nitrogens is 2. The topological polar surface area (TPSA) is 62.0 Å². The van der Waals surface area contributed by atoms with Crippen molar-refractivity contribution in [3.8, 4) is 11.8 Å². The fraction of sp³-hybridized carbons (Fsp3) is 0.476. The highest BCUT2D eigenvalue weighted by Crippen LogP contribution is 2.29. The van der Waals surface area contributed by atoms with E-state index in [1.807, 2.05) is 6.07 Å². The number of benzene rings is 1. The Hall–Kier alpha value is -2.61.